The molecule has 0 aliphatic carbocycles. The maximum atomic E-state index is 11.6. The van der Waals surface area contributed by atoms with Crippen LogP contribution < -0.4 is 4.90 Å². The molecule has 0 bridgehead atoms. The molecule has 0 saturated heterocycles. The van der Waals surface area contributed by atoms with Crippen molar-refractivity contribution in [3.63, 3.8) is 0 Å². The van der Waals surface area contributed by atoms with E-state index in [2.05, 4.69) is 4.98 Å². The Balaban J connectivity index is 2.78. The molecule has 1 aromatic carbocycles. The number of carbonyl (C=O) groups is 1. The van der Waals surface area contributed by atoms with Crippen LogP contribution in [0.2, 0.25) is 0 Å². The van der Waals surface area contributed by atoms with Crippen LogP contribution in [-0.4, -0.2) is 30.2 Å². The molecule has 0 radical (unpaired) electrons. The number of rotatable bonds is 3. The highest BCUT2D eigenvalue weighted by Gasteiger charge is 2.20. The van der Waals surface area contributed by atoms with Gasteiger partial charge in [0.25, 0.3) is 0 Å². The number of aromatic carboxylic acids is 1. The third-order valence-electron chi connectivity index (χ3n) is 3.09. The second kappa shape index (κ2) is 5.33. The first-order valence-corrected chi connectivity index (χ1v) is 6.39. The van der Waals surface area contributed by atoms with Gasteiger partial charge >= 0.3 is 5.97 Å². The molecular formula is C16H18N2O2. The average molecular weight is 270 g/mol. The lowest BCUT2D eigenvalue weighted by Crippen LogP contribution is -2.17. The number of nitrogens with zero attached hydrogens (tertiary/aromatic N) is 2. The summed E-state index contributed by atoms with van der Waals surface area (Å²) >= 11 is 0. The van der Waals surface area contributed by atoms with Gasteiger partial charge in [-0.05, 0) is 25.5 Å². The van der Waals surface area contributed by atoms with Crippen LogP contribution in [-0.2, 0) is 0 Å². The Morgan fingerprint density at radius 1 is 1.20 bits per heavy atom. The van der Waals surface area contributed by atoms with Gasteiger partial charge in [0.15, 0.2) is 0 Å². The zero-order valence-corrected chi connectivity index (χ0v) is 12.1. The van der Waals surface area contributed by atoms with Crippen LogP contribution in [0.15, 0.2) is 30.3 Å². The van der Waals surface area contributed by atoms with Crippen molar-refractivity contribution >= 4 is 11.8 Å². The van der Waals surface area contributed by atoms with Gasteiger partial charge in [0, 0.05) is 25.4 Å². The summed E-state index contributed by atoms with van der Waals surface area (Å²) in [5.41, 5.74) is 3.74. The highest BCUT2D eigenvalue weighted by Crippen LogP contribution is 2.30. The van der Waals surface area contributed by atoms with Crippen LogP contribution >= 0.6 is 0 Å². The molecule has 0 fully saturated rings. The third kappa shape index (κ3) is 2.64. The van der Waals surface area contributed by atoms with E-state index in [-0.39, 0.29) is 5.56 Å². The van der Waals surface area contributed by atoms with Gasteiger partial charge in [-0.3, -0.25) is 0 Å². The summed E-state index contributed by atoms with van der Waals surface area (Å²) < 4.78 is 0. The fourth-order valence-electron chi connectivity index (χ4n) is 2.23. The Morgan fingerprint density at radius 2 is 1.90 bits per heavy atom. The summed E-state index contributed by atoms with van der Waals surface area (Å²) in [6, 6.07) is 9.66. The molecule has 0 spiro atoms. The molecule has 2 aromatic rings. The van der Waals surface area contributed by atoms with E-state index in [1.54, 1.807) is 19.0 Å². The molecule has 0 amide bonds. The summed E-state index contributed by atoms with van der Waals surface area (Å²) in [5, 5.41) is 9.55. The largest absolute Gasteiger partial charge is 0.478 e. The van der Waals surface area contributed by atoms with Gasteiger partial charge < -0.3 is 10.0 Å². The number of benzene rings is 1. The van der Waals surface area contributed by atoms with Crippen molar-refractivity contribution in [1.29, 1.82) is 0 Å². The van der Waals surface area contributed by atoms with E-state index >= 15 is 0 Å². The van der Waals surface area contributed by atoms with Crippen molar-refractivity contribution < 1.29 is 9.90 Å². The number of pyridine rings is 1. The SMILES string of the molecule is Cc1cccc(-c2cc(C)nc(N(C)C)c2C(=O)O)c1. The van der Waals surface area contributed by atoms with E-state index in [4.69, 9.17) is 0 Å². The Morgan fingerprint density at radius 3 is 2.45 bits per heavy atom. The maximum Gasteiger partial charge on any atom is 0.340 e. The molecule has 0 atom stereocenters. The van der Waals surface area contributed by atoms with E-state index in [0.717, 1.165) is 16.8 Å². The topological polar surface area (TPSA) is 53.4 Å². The van der Waals surface area contributed by atoms with Gasteiger partial charge in [0.05, 0.1) is 0 Å². The average Bonchev–Trinajstić information content (AvgIpc) is 2.37. The monoisotopic (exact) mass is 270 g/mol. The fourth-order valence-corrected chi connectivity index (χ4v) is 2.23. The first kappa shape index (κ1) is 14.1. The minimum Gasteiger partial charge on any atom is -0.478 e. The van der Waals surface area contributed by atoms with Gasteiger partial charge in [0.1, 0.15) is 11.4 Å². The summed E-state index contributed by atoms with van der Waals surface area (Å²) in [6.07, 6.45) is 0. The molecule has 0 aliphatic heterocycles. The Bertz CT molecular complexity index is 664. The number of hydrogen-bond donors (Lipinski definition) is 1. The number of carboxylic acids is 1. The summed E-state index contributed by atoms with van der Waals surface area (Å²) in [4.78, 5) is 17.7. The number of anilines is 1. The first-order chi connectivity index (χ1) is 9.40. The molecule has 1 heterocycles. The van der Waals surface area contributed by atoms with Crippen molar-refractivity contribution in [3.8, 4) is 11.1 Å². The van der Waals surface area contributed by atoms with Gasteiger partial charge in [-0.15, -0.1) is 0 Å². The quantitative estimate of drug-likeness (QED) is 0.931. The van der Waals surface area contributed by atoms with E-state index in [0.29, 0.717) is 11.4 Å². The molecule has 0 saturated carbocycles. The Kier molecular flexibility index (Phi) is 3.74. The summed E-state index contributed by atoms with van der Waals surface area (Å²) in [6.45, 7) is 3.86. The number of aromatic nitrogens is 1. The van der Waals surface area contributed by atoms with Crippen LogP contribution in [0.3, 0.4) is 0 Å². The van der Waals surface area contributed by atoms with Gasteiger partial charge in [-0.25, -0.2) is 9.78 Å². The van der Waals surface area contributed by atoms with Crippen molar-refractivity contribution in [3.05, 3.63) is 47.2 Å². The smallest absolute Gasteiger partial charge is 0.340 e. The van der Waals surface area contributed by atoms with Gasteiger partial charge in [-0.2, -0.15) is 0 Å². The minimum atomic E-state index is -0.960. The van der Waals surface area contributed by atoms with E-state index in [1.807, 2.05) is 44.2 Å². The molecule has 0 aliphatic rings. The molecule has 4 heteroatoms. The van der Waals surface area contributed by atoms with Crippen molar-refractivity contribution in [2.45, 2.75) is 13.8 Å². The lowest BCUT2D eigenvalue weighted by molar-refractivity contribution is 0.0698. The maximum absolute atomic E-state index is 11.6. The standard InChI is InChI=1S/C16H18N2O2/c1-10-6-5-7-12(8-10)13-9-11(2)17-15(18(3)4)14(13)16(19)20/h5-9H,1-4H3,(H,19,20). The predicted molar refractivity (Wildman–Crippen MR) is 80.4 cm³/mol. The zero-order chi connectivity index (χ0) is 14.9. The van der Waals surface area contributed by atoms with Crippen LogP contribution in [0.5, 0.6) is 0 Å². The van der Waals surface area contributed by atoms with Crippen LogP contribution in [0.25, 0.3) is 11.1 Å². The number of carboxylic acid groups (broad SMARTS) is 1. The van der Waals surface area contributed by atoms with E-state index < -0.39 is 5.97 Å². The van der Waals surface area contributed by atoms with Crippen LogP contribution in [0.1, 0.15) is 21.6 Å². The Labute approximate surface area is 118 Å². The molecule has 2 rings (SSSR count). The van der Waals surface area contributed by atoms with Crippen molar-refractivity contribution in [2.24, 2.45) is 0 Å². The molecular weight excluding hydrogens is 252 g/mol. The molecule has 0 unspecified atom stereocenters. The van der Waals surface area contributed by atoms with Crippen molar-refractivity contribution in [2.75, 3.05) is 19.0 Å². The van der Waals surface area contributed by atoms with Crippen LogP contribution in [0, 0.1) is 13.8 Å². The second-order valence-corrected chi connectivity index (χ2v) is 5.08. The second-order valence-electron chi connectivity index (χ2n) is 5.08. The summed E-state index contributed by atoms with van der Waals surface area (Å²) in [5.74, 6) is -0.480. The lowest BCUT2D eigenvalue weighted by atomic mass is 9.98. The van der Waals surface area contributed by atoms with E-state index in [9.17, 15) is 9.90 Å². The van der Waals surface area contributed by atoms with E-state index in [1.165, 1.54) is 0 Å². The zero-order valence-electron chi connectivity index (χ0n) is 12.1. The van der Waals surface area contributed by atoms with Crippen LogP contribution in [0.4, 0.5) is 5.82 Å². The Hall–Kier alpha value is -2.36. The number of aryl methyl sites for hydroxylation is 2. The predicted octanol–water partition coefficient (Wildman–Crippen LogP) is 3.13. The molecule has 1 aromatic heterocycles. The van der Waals surface area contributed by atoms with Gasteiger partial charge in [0.2, 0.25) is 0 Å². The normalized spacial score (nSPS) is 10.4. The summed E-state index contributed by atoms with van der Waals surface area (Å²) in [7, 11) is 3.60. The molecule has 20 heavy (non-hydrogen) atoms. The molecule has 1 N–H and O–H groups in total. The fraction of sp³-hybridized carbons (Fsp3) is 0.250. The minimum absolute atomic E-state index is 0.242. The highest BCUT2D eigenvalue weighted by molar-refractivity contribution is 6.01. The lowest BCUT2D eigenvalue weighted by Gasteiger charge is -2.18. The van der Waals surface area contributed by atoms with Crippen molar-refractivity contribution in [1.82, 2.24) is 4.98 Å². The number of hydrogen-bond acceptors (Lipinski definition) is 3. The third-order valence-corrected chi connectivity index (χ3v) is 3.09. The van der Waals surface area contributed by atoms with Gasteiger partial charge in [-0.1, -0.05) is 29.8 Å². The first-order valence-electron chi connectivity index (χ1n) is 6.39. The molecule has 4 nitrogen and oxygen atoms in total. The molecule has 104 valence electrons. The highest BCUT2D eigenvalue weighted by atomic mass is 16.4.